The van der Waals surface area contributed by atoms with Crippen molar-refractivity contribution in [3.8, 4) is 0 Å². The van der Waals surface area contributed by atoms with Gasteiger partial charge in [0.2, 0.25) is 5.82 Å². The summed E-state index contributed by atoms with van der Waals surface area (Å²) >= 11 is 0. The van der Waals surface area contributed by atoms with Crippen molar-refractivity contribution in [2.75, 3.05) is 13.1 Å². The Morgan fingerprint density at radius 1 is 1.07 bits per heavy atom. The lowest BCUT2D eigenvalue weighted by molar-refractivity contribution is 0.0932. The van der Waals surface area contributed by atoms with Crippen LogP contribution in [0.1, 0.15) is 27.6 Å². The van der Waals surface area contributed by atoms with Gasteiger partial charge in [-0.15, -0.1) is 10.2 Å². The number of fused-ring (bicyclic) bond motifs is 2. The van der Waals surface area contributed by atoms with E-state index in [1.165, 1.54) is 5.56 Å². The highest BCUT2D eigenvalue weighted by Crippen LogP contribution is 2.33. The quantitative estimate of drug-likeness (QED) is 0.737. The van der Waals surface area contributed by atoms with Gasteiger partial charge in [0.1, 0.15) is 5.82 Å². The second kappa shape index (κ2) is 7.24. The lowest BCUT2D eigenvalue weighted by atomic mass is 9.89. The van der Waals surface area contributed by atoms with Crippen LogP contribution < -0.4 is 5.32 Å². The highest BCUT2D eigenvalue weighted by atomic mass is 16.3. The third-order valence-corrected chi connectivity index (χ3v) is 5.83. The molecule has 1 amide bonds. The summed E-state index contributed by atoms with van der Waals surface area (Å²) in [6.07, 6.45) is 4.41. The van der Waals surface area contributed by atoms with Crippen molar-refractivity contribution in [1.29, 1.82) is 0 Å². The molecule has 5 rings (SSSR count). The molecule has 2 aliphatic heterocycles. The minimum Gasteiger partial charge on any atom is -0.472 e. The zero-order valence-corrected chi connectivity index (χ0v) is 15.6. The third-order valence-electron chi connectivity index (χ3n) is 5.83. The number of furan rings is 1. The summed E-state index contributed by atoms with van der Waals surface area (Å²) in [6, 6.07) is 11.9. The fraction of sp³-hybridized carbons (Fsp3) is 0.381. The predicted molar refractivity (Wildman–Crippen MR) is 102 cm³/mol. The van der Waals surface area contributed by atoms with E-state index < -0.39 is 0 Å². The van der Waals surface area contributed by atoms with Gasteiger partial charge in [0.25, 0.3) is 5.91 Å². The van der Waals surface area contributed by atoms with Crippen molar-refractivity contribution in [2.45, 2.75) is 26.1 Å². The molecular weight excluding hydrogens is 354 g/mol. The first-order valence-electron chi connectivity index (χ1n) is 9.74. The van der Waals surface area contributed by atoms with Gasteiger partial charge in [-0.1, -0.05) is 30.3 Å². The number of aromatic nitrogens is 3. The minimum absolute atomic E-state index is 0.158. The Balaban J connectivity index is 1.25. The molecule has 144 valence electrons. The van der Waals surface area contributed by atoms with Gasteiger partial charge >= 0.3 is 0 Å². The van der Waals surface area contributed by atoms with E-state index >= 15 is 0 Å². The largest absolute Gasteiger partial charge is 0.472 e. The van der Waals surface area contributed by atoms with Gasteiger partial charge in [-0.25, -0.2) is 0 Å². The highest BCUT2D eigenvalue weighted by Gasteiger charge is 2.39. The van der Waals surface area contributed by atoms with Crippen molar-refractivity contribution in [3.63, 3.8) is 0 Å². The second-order valence-electron chi connectivity index (χ2n) is 7.77. The van der Waals surface area contributed by atoms with Crippen molar-refractivity contribution < 1.29 is 9.21 Å². The molecule has 0 unspecified atom stereocenters. The first kappa shape index (κ1) is 17.2. The maximum atomic E-state index is 12.7. The average molecular weight is 377 g/mol. The Kier molecular flexibility index (Phi) is 4.44. The first-order chi connectivity index (χ1) is 13.8. The maximum Gasteiger partial charge on any atom is 0.289 e. The summed E-state index contributed by atoms with van der Waals surface area (Å²) in [5, 5.41) is 11.5. The van der Waals surface area contributed by atoms with Crippen molar-refractivity contribution >= 4 is 5.91 Å². The Morgan fingerprint density at radius 2 is 1.93 bits per heavy atom. The van der Waals surface area contributed by atoms with Crippen molar-refractivity contribution in [2.24, 2.45) is 11.8 Å². The standard InChI is InChI=1S/C21H23N5O2/c27-21(22-9-15-4-2-1-3-5-15)20-24-23-19-8-17-11-25(10-16-6-7-28-14-16)12-18(17)13-26(19)20/h1-7,14,17-18H,8-13H2,(H,22,27)/t17-,18+/m0/s1. The van der Waals surface area contributed by atoms with Gasteiger partial charge in [0.15, 0.2) is 0 Å². The monoisotopic (exact) mass is 377 g/mol. The Labute approximate surface area is 163 Å². The Hall–Kier alpha value is -2.93. The Morgan fingerprint density at radius 3 is 2.75 bits per heavy atom. The summed E-state index contributed by atoms with van der Waals surface area (Å²) < 4.78 is 7.20. The molecule has 0 bridgehead atoms. The van der Waals surface area contributed by atoms with Crippen LogP contribution in [-0.2, 0) is 26.1 Å². The van der Waals surface area contributed by atoms with E-state index in [1.807, 2.05) is 47.2 Å². The number of nitrogens with one attached hydrogen (secondary N) is 1. The van der Waals surface area contributed by atoms with Crippen LogP contribution in [-0.4, -0.2) is 38.7 Å². The third kappa shape index (κ3) is 3.33. The van der Waals surface area contributed by atoms with Crippen LogP contribution in [0.4, 0.5) is 0 Å². The minimum atomic E-state index is -0.158. The number of hydrogen-bond donors (Lipinski definition) is 1. The molecule has 0 radical (unpaired) electrons. The summed E-state index contributed by atoms with van der Waals surface area (Å²) in [7, 11) is 0. The van der Waals surface area contributed by atoms with Gasteiger partial charge in [-0.3, -0.25) is 9.69 Å². The summed E-state index contributed by atoms with van der Waals surface area (Å²) in [5.74, 6) is 2.29. The number of likely N-dealkylation sites (tertiary alicyclic amines) is 1. The van der Waals surface area contributed by atoms with Crippen LogP contribution >= 0.6 is 0 Å². The van der Waals surface area contributed by atoms with Gasteiger partial charge in [-0.2, -0.15) is 0 Å². The van der Waals surface area contributed by atoms with Crippen LogP contribution in [0.2, 0.25) is 0 Å². The fourth-order valence-electron chi connectivity index (χ4n) is 4.42. The number of hydrogen-bond acceptors (Lipinski definition) is 5. The molecule has 3 aromatic rings. The molecule has 28 heavy (non-hydrogen) atoms. The number of carbonyl (C=O) groups excluding carboxylic acids is 1. The van der Waals surface area contributed by atoms with E-state index in [9.17, 15) is 4.79 Å². The molecular formula is C21H23N5O2. The molecule has 1 saturated heterocycles. The van der Waals surface area contributed by atoms with Crippen LogP contribution in [0.25, 0.3) is 0 Å². The summed E-state index contributed by atoms with van der Waals surface area (Å²) in [4.78, 5) is 15.1. The fourth-order valence-corrected chi connectivity index (χ4v) is 4.42. The molecule has 0 saturated carbocycles. The average Bonchev–Trinajstić information content (AvgIpc) is 3.44. The lowest BCUT2D eigenvalue weighted by Crippen LogP contribution is -2.32. The predicted octanol–water partition coefficient (Wildman–Crippen LogP) is 2.11. The molecule has 7 nitrogen and oxygen atoms in total. The van der Waals surface area contributed by atoms with Crippen molar-refractivity contribution in [3.05, 3.63) is 71.7 Å². The lowest BCUT2D eigenvalue weighted by Gasteiger charge is -2.25. The molecule has 1 aromatic carbocycles. The van der Waals surface area contributed by atoms with E-state index in [1.54, 1.807) is 6.26 Å². The van der Waals surface area contributed by atoms with Gasteiger partial charge in [0, 0.05) is 44.7 Å². The maximum absolute atomic E-state index is 12.7. The summed E-state index contributed by atoms with van der Waals surface area (Å²) in [5.41, 5.74) is 2.28. The number of rotatable bonds is 5. The number of benzene rings is 1. The SMILES string of the molecule is O=C(NCc1ccccc1)c1nnc2n1C[C@H]1CN(Cc3ccoc3)C[C@@H]1C2. The summed E-state index contributed by atoms with van der Waals surface area (Å²) in [6.45, 7) is 4.29. The molecule has 1 fully saturated rings. The van der Waals surface area contributed by atoms with E-state index in [4.69, 9.17) is 4.42 Å². The zero-order valence-electron chi connectivity index (χ0n) is 15.6. The van der Waals surface area contributed by atoms with Crippen LogP contribution in [0, 0.1) is 11.8 Å². The molecule has 2 aliphatic rings. The van der Waals surface area contributed by atoms with Crippen molar-refractivity contribution in [1.82, 2.24) is 25.0 Å². The molecule has 7 heteroatoms. The number of nitrogens with zero attached hydrogens (tertiary/aromatic N) is 4. The van der Waals surface area contributed by atoms with Gasteiger partial charge < -0.3 is 14.3 Å². The second-order valence-corrected chi connectivity index (χ2v) is 7.77. The van der Waals surface area contributed by atoms with Crippen LogP contribution in [0.5, 0.6) is 0 Å². The zero-order chi connectivity index (χ0) is 18.9. The molecule has 2 atom stereocenters. The molecule has 1 N–H and O–H groups in total. The molecule has 0 aliphatic carbocycles. The molecule has 4 heterocycles. The van der Waals surface area contributed by atoms with E-state index in [0.29, 0.717) is 24.2 Å². The number of carbonyl (C=O) groups is 1. The number of amides is 1. The topological polar surface area (TPSA) is 76.2 Å². The normalized spacial score (nSPS) is 21.3. The van der Waals surface area contributed by atoms with Gasteiger partial charge in [-0.05, 0) is 23.5 Å². The van der Waals surface area contributed by atoms with E-state index in [0.717, 1.165) is 44.0 Å². The molecule has 2 aromatic heterocycles. The van der Waals surface area contributed by atoms with Gasteiger partial charge in [0.05, 0.1) is 12.5 Å². The van der Waals surface area contributed by atoms with E-state index in [-0.39, 0.29) is 5.91 Å². The molecule has 0 spiro atoms. The van der Waals surface area contributed by atoms with Crippen LogP contribution in [0.15, 0.2) is 53.3 Å². The first-order valence-corrected chi connectivity index (χ1v) is 9.74. The highest BCUT2D eigenvalue weighted by molar-refractivity contribution is 5.90. The van der Waals surface area contributed by atoms with E-state index in [2.05, 4.69) is 20.4 Å². The Bertz CT molecular complexity index is 951. The van der Waals surface area contributed by atoms with Crippen LogP contribution in [0.3, 0.4) is 0 Å². The smallest absolute Gasteiger partial charge is 0.289 e.